The highest BCUT2D eigenvalue weighted by atomic mass is 79.9. The lowest BCUT2D eigenvalue weighted by atomic mass is 10.1. The van der Waals surface area contributed by atoms with Crippen molar-refractivity contribution in [3.8, 4) is 0 Å². The molecule has 0 aliphatic carbocycles. The number of ether oxygens (including phenoxy) is 1. The van der Waals surface area contributed by atoms with Gasteiger partial charge in [0.05, 0.1) is 19.3 Å². The van der Waals surface area contributed by atoms with Crippen LogP contribution in [0.1, 0.15) is 11.6 Å². The Morgan fingerprint density at radius 2 is 2.00 bits per heavy atom. The topological polar surface area (TPSA) is 49.4 Å². The van der Waals surface area contributed by atoms with E-state index >= 15 is 0 Å². The minimum absolute atomic E-state index is 0.210. The van der Waals surface area contributed by atoms with Crippen LogP contribution in [0, 0.1) is 0 Å². The van der Waals surface area contributed by atoms with Crippen molar-refractivity contribution < 1.29 is 4.74 Å². The Hall–Kier alpha value is -1.54. The fraction of sp³-hybridized carbons (Fsp3) is 0.333. The minimum Gasteiger partial charge on any atom is -0.379 e. The lowest BCUT2D eigenvalue weighted by molar-refractivity contribution is 0.0170. The second-order valence-corrected chi connectivity index (χ2v) is 7.12. The average Bonchev–Trinajstić information content (AvgIpc) is 2.66. The number of morpholine rings is 1. The van der Waals surface area contributed by atoms with Crippen LogP contribution < -0.4 is 10.6 Å². The van der Waals surface area contributed by atoms with E-state index in [1.807, 2.05) is 36.5 Å². The standard InChI is InChI=1S/C18H21BrN4OS/c19-15-3-5-16(6-4-15)22-18(25)21-13-17(14-2-1-7-20-12-14)23-8-10-24-11-9-23/h1-7,12,17H,8-11,13H2,(H2,21,22,25)/t17-/m1/s1. The normalized spacial score (nSPS) is 16.2. The lowest BCUT2D eigenvalue weighted by Crippen LogP contribution is -2.44. The third kappa shape index (κ3) is 5.47. The molecule has 0 amide bonds. The van der Waals surface area contributed by atoms with Crippen molar-refractivity contribution in [1.29, 1.82) is 0 Å². The Bertz CT molecular complexity index is 677. The molecule has 1 saturated heterocycles. The monoisotopic (exact) mass is 420 g/mol. The molecule has 1 aromatic carbocycles. The van der Waals surface area contributed by atoms with E-state index in [2.05, 4.69) is 42.5 Å². The fourth-order valence-corrected chi connectivity index (χ4v) is 3.28. The lowest BCUT2D eigenvalue weighted by Gasteiger charge is -2.35. The molecule has 7 heteroatoms. The van der Waals surface area contributed by atoms with Crippen molar-refractivity contribution in [1.82, 2.24) is 15.2 Å². The number of anilines is 1. The third-order valence-electron chi connectivity index (χ3n) is 4.11. The number of thiocarbonyl (C=S) groups is 1. The van der Waals surface area contributed by atoms with E-state index in [0.717, 1.165) is 36.5 Å². The number of nitrogens with one attached hydrogen (secondary N) is 2. The van der Waals surface area contributed by atoms with Gasteiger partial charge in [-0.25, -0.2) is 0 Å². The van der Waals surface area contributed by atoms with Crippen molar-refractivity contribution in [3.05, 3.63) is 58.8 Å². The summed E-state index contributed by atoms with van der Waals surface area (Å²) in [5.41, 5.74) is 2.15. The van der Waals surface area contributed by atoms with Crippen LogP contribution in [0.3, 0.4) is 0 Å². The van der Waals surface area contributed by atoms with Crippen LogP contribution in [0.15, 0.2) is 53.3 Å². The average molecular weight is 421 g/mol. The van der Waals surface area contributed by atoms with Gasteiger partial charge in [-0.15, -0.1) is 0 Å². The summed E-state index contributed by atoms with van der Waals surface area (Å²) in [6.07, 6.45) is 3.72. The summed E-state index contributed by atoms with van der Waals surface area (Å²) in [7, 11) is 0. The van der Waals surface area contributed by atoms with Gasteiger partial charge in [0, 0.05) is 42.2 Å². The Morgan fingerprint density at radius 1 is 1.24 bits per heavy atom. The van der Waals surface area contributed by atoms with E-state index in [0.29, 0.717) is 11.7 Å². The highest BCUT2D eigenvalue weighted by Gasteiger charge is 2.22. The number of rotatable bonds is 5. The van der Waals surface area contributed by atoms with Crippen LogP contribution in [0.5, 0.6) is 0 Å². The molecule has 1 fully saturated rings. The van der Waals surface area contributed by atoms with E-state index in [1.165, 1.54) is 5.56 Å². The van der Waals surface area contributed by atoms with Gasteiger partial charge in [-0.3, -0.25) is 9.88 Å². The first-order chi connectivity index (χ1) is 12.2. The summed E-state index contributed by atoms with van der Waals surface area (Å²) in [5.74, 6) is 0. The van der Waals surface area contributed by atoms with Crippen LogP contribution in [-0.4, -0.2) is 47.8 Å². The smallest absolute Gasteiger partial charge is 0.170 e. The Labute approximate surface area is 161 Å². The third-order valence-corrected chi connectivity index (χ3v) is 4.89. The van der Waals surface area contributed by atoms with Crippen LogP contribution in [-0.2, 0) is 4.74 Å². The van der Waals surface area contributed by atoms with E-state index in [4.69, 9.17) is 17.0 Å². The van der Waals surface area contributed by atoms with Gasteiger partial charge in [-0.2, -0.15) is 0 Å². The molecule has 3 rings (SSSR count). The number of pyridine rings is 1. The predicted molar refractivity (Wildman–Crippen MR) is 108 cm³/mol. The molecule has 2 heterocycles. The van der Waals surface area contributed by atoms with Gasteiger partial charge in [0.15, 0.2) is 5.11 Å². The van der Waals surface area contributed by atoms with E-state index in [9.17, 15) is 0 Å². The number of hydrogen-bond acceptors (Lipinski definition) is 4. The zero-order chi connectivity index (χ0) is 17.5. The second-order valence-electron chi connectivity index (χ2n) is 5.79. The molecule has 1 atom stereocenters. The van der Waals surface area contributed by atoms with E-state index in [1.54, 1.807) is 6.20 Å². The van der Waals surface area contributed by atoms with Crippen LogP contribution in [0.2, 0.25) is 0 Å². The quantitative estimate of drug-likeness (QED) is 0.724. The van der Waals surface area contributed by atoms with Gasteiger partial charge < -0.3 is 15.4 Å². The highest BCUT2D eigenvalue weighted by molar-refractivity contribution is 9.10. The van der Waals surface area contributed by atoms with Crippen LogP contribution in [0.4, 0.5) is 5.69 Å². The SMILES string of the molecule is S=C(NC[C@H](c1cccnc1)N1CCOCC1)Nc1ccc(Br)cc1. The molecule has 0 bridgehead atoms. The summed E-state index contributed by atoms with van der Waals surface area (Å²) in [6, 6.07) is 12.2. The number of aromatic nitrogens is 1. The molecule has 1 aromatic heterocycles. The van der Waals surface area contributed by atoms with Crippen LogP contribution >= 0.6 is 28.1 Å². The highest BCUT2D eigenvalue weighted by Crippen LogP contribution is 2.20. The molecule has 0 spiro atoms. The molecule has 2 N–H and O–H groups in total. The summed E-state index contributed by atoms with van der Waals surface area (Å²) < 4.78 is 6.52. The van der Waals surface area contributed by atoms with Crippen molar-refractivity contribution >= 4 is 38.9 Å². The van der Waals surface area contributed by atoms with Gasteiger partial charge >= 0.3 is 0 Å². The zero-order valence-electron chi connectivity index (χ0n) is 13.8. The first-order valence-electron chi connectivity index (χ1n) is 8.24. The molecule has 0 saturated carbocycles. The number of halogens is 1. The van der Waals surface area contributed by atoms with Gasteiger partial charge in [0.1, 0.15) is 0 Å². The van der Waals surface area contributed by atoms with Crippen LogP contribution in [0.25, 0.3) is 0 Å². The second kappa shape index (κ2) is 9.24. The summed E-state index contributed by atoms with van der Waals surface area (Å²) in [4.78, 5) is 6.68. The summed E-state index contributed by atoms with van der Waals surface area (Å²) in [6.45, 7) is 4.06. The first kappa shape index (κ1) is 18.3. The number of benzene rings is 1. The molecule has 0 radical (unpaired) electrons. The first-order valence-corrected chi connectivity index (χ1v) is 9.44. The molecule has 132 valence electrons. The minimum atomic E-state index is 0.210. The molecule has 5 nitrogen and oxygen atoms in total. The molecule has 0 unspecified atom stereocenters. The van der Waals surface area contributed by atoms with Gasteiger partial charge in [0.2, 0.25) is 0 Å². The molecule has 2 aromatic rings. The molecule has 1 aliphatic heterocycles. The fourth-order valence-electron chi connectivity index (χ4n) is 2.82. The maximum absolute atomic E-state index is 5.48. The molecule has 1 aliphatic rings. The summed E-state index contributed by atoms with van der Waals surface area (Å²) >= 11 is 8.88. The Balaban J connectivity index is 1.61. The van der Waals surface area contributed by atoms with E-state index in [-0.39, 0.29) is 6.04 Å². The largest absolute Gasteiger partial charge is 0.379 e. The Kier molecular flexibility index (Phi) is 6.75. The maximum atomic E-state index is 5.48. The van der Waals surface area contributed by atoms with E-state index < -0.39 is 0 Å². The van der Waals surface area contributed by atoms with Gasteiger partial charge in [-0.05, 0) is 48.1 Å². The van der Waals surface area contributed by atoms with Gasteiger partial charge in [-0.1, -0.05) is 22.0 Å². The molecular formula is C18H21BrN4OS. The van der Waals surface area contributed by atoms with Crippen molar-refractivity contribution in [2.45, 2.75) is 6.04 Å². The zero-order valence-corrected chi connectivity index (χ0v) is 16.2. The van der Waals surface area contributed by atoms with Gasteiger partial charge in [0.25, 0.3) is 0 Å². The van der Waals surface area contributed by atoms with Crippen molar-refractivity contribution in [2.24, 2.45) is 0 Å². The van der Waals surface area contributed by atoms with Crippen molar-refractivity contribution in [2.75, 3.05) is 38.2 Å². The summed E-state index contributed by atoms with van der Waals surface area (Å²) in [5, 5.41) is 7.17. The molecule has 25 heavy (non-hydrogen) atoms. The maximum Gasteiger partial charge on any atom is 0.170 e. The molecular weight excluding hydrogens is 400 g/mol. The Morgan fingerprint density at radius 3 is 2.68 bits per heavy atom. The number of nitrogens with zero attached hydrogens (tertiary/aromatic N) is 2. The number of hydrogen-bond donors (Lipinski definition) is 2. The predicted octanol–water partition coefficient (Wildman–Crippen LogP) is 3.20. The van der Waals surface area contributed by atoms with Crippen molar-refractivity contribution in [3.63, 3.8) is 0 Å².